The maximum atomic E-state index is 11.8. The summed E-state index contributed by atoms with van der Waals surface area (Å²) < 4.78 is 5.04. The second kappa shape index (κ2) is 6.08. The molecule has 1 fully saturated rings. The third-order valence-corrected chi connectivity index (χ3v) is 3.00. The lowest BCUT2D eigenvalue weighted by molar-refractivity contribution is -0.139. The average Bonchev–Trinajstić information content (AvgIpc) is 2.48. The van der Waals surface area contributed by atoms with E-state index in [-0.39, 0.29) is 30.6 Å². The zero-order valence-electron chi connectivity index (χ0n) is 11.5. The van der Waals surface area contributed by atoms with E-state index in [1.165, 1.54) is 6.08 Å². The molecule has 1 heterocycles. The topological polar surface area (TPSA) is 102 Å². The summed E-state index contributed by atoms with van der Waals surface area (Å²) in [5.74, 6) is -0.820. The van der Waals surface area contributed by atoms with Gasteiger partial charge in [0.05, 0.1) is 13.7 Å². The molecule has 3 amide bonds. The zero-order valence-corrected chi connectivity index (χ0v) is 11.5. The highest BCUT2D eigenvalue weighted by molar-refractivity contribution is 6.03. The molecule has 110 valence electrons. The van der Waals surface area contributed by atoms with Gasteiger partial charge in [0.2, 0.25) is 11.8 Å². The summed E-state index contributed by atoms with van der Waals surface area (Å²) in [6.07, 6.45) is 1.47. The second-order valence-corrected chi connectivity index (χ2v) is 4.42. The van der Waals surface area contributed by atoms with Gasteiger partial charge < -0.3 is 15.8 Å². The first-order chi connectivity index (χ1) is 10.0. The van der Waals surface area contributed by atoms with Gasteiger partial charge in [0.15, 0.2) is 0 Å². The summed E-state index contributed by atoms with van der Waals surface area (Å²) in [5.41, 5.74) is 5.98. The Kier molecular flexibility index (Phi) is 4.22. The Morgan fingerprint density at radius 1 is 1.33 bits per heavy atom. The van der Waals surface area contributed by atoms with Crippen LogP contribution in [0.1, 0.15) is 5.56 Å². The van der Waals surface area contributed by atoms with Crippen LogP contribution in [0.5, 0.6) is 5.75 Å². The Bertz CT molecular complexity index is 607. The molecule has 0 aliphatic carbocycles. The first-order valence-corrected chi connectivity index (χ1v) is 6.24. The molecule has 7 heteroatoms. The van der Waals surface area contributed by atoms with Crippen LogP contribution in [0.15, 0.2) is 30.0 Å². The Morgan fingerprint density at radius 3 is 2.57 bits per heavy atom. The number of ether oxygens (including phenoxy) is 1. The smallest absolute Gasteiger partial charge is 0.265 e. The molecule has 0 spiro atoms. The number of amides is 3. The fourth-order valence-electron chi connectivity index (χ4n) is 1.92. The number of carbonyl (C=O) groups is 3. The molecule has 3 N–H and O–H groups in total. The number of nitrogens with two attached hydrogens (primary N) is 1. The van der Waals surface area contributed by atoms with E-state index in [1.54, 1.807) is 31.4 Å². The summed E-state index contributed by atoms with van der Waals surface area (Å²) >= 11 is 0. The van der Waals surface area contributed by atoms with Gasteiger partial charge in [0.1, 0.15) is 18.0 Å². The largest absolute Gasteiger partial charge is 0.497 e. The molecule has 1 aliphatic heterocycles. The predicted molar refractivity (Wildman–Crippen MR) is 74.9 cm³/mol. The van der Waals surface area contributed by atoms with Crippen LogP contribution >= 0.6 is 0 Å². The van der Waals surface area contributed by atoms with Crippen molar-refractivity contribution in [1.29, 1.82) is 0 Å². The van der Waals surface area contributed by atoms with Gasteiger partial charge >= 0.3 is 0 Å². The molecule has 1 aromatic rings. The van der Waals surface area contributed by atoms with Gasteiger partial charge in [-0.3, -0.25) is 19.3 Å². The highest BCUT2D eigenvalue weighted by Gasteiger charge is 2.28. The van der Waals surface area contributed by atoms with Crippen LogP contribution in [0, 0.1) is 0 Å². The van der Waals surface area contributed by atoms with Gasteiger partial charge in [0.25, 0.3) is 5.91 Å². The van der Waals surface area contributed by atoms with Gasteiger partial charge in [-0.05, 0) is 23.8 Å². The number of hydrogen-bond acceptors (Lipinski definition) is 4. The van der Waals surface area contributed by atoms with Gasteiger partial charge in [-0.1, -0.05) is 12.1 Å². The third-order valence-electron chi connectivity index (χ3n) is 3.00. The van der Waals surface area contributed by atoms with Crippen LogP contribution < -0.4 is 15.8 Å². The number of hydrogen-bond donors (Lipinski definition) is 2. The molecule has 0 atom stereocenters. The maximum absolute atomic E-state index is 11.8. The number of carbonyl (C=O) groups excluding carboxylic acids is 3. The van der Waals surface area contributed by atoms with Crippen molar-refractivity contribution in [3.05, 3.63) is 35.5 Å². The molecule has 21 heavy (non-hydrogen) atoms. The SMILES string of the molecule is COc1ccc(/C=C(/C(N)=O)N2CC(=O)NCC2=O)cc1. The number of primary amides is 1. The van der Waals surface area contributed by atoms with E-state index >= 15 is 0 Å². The Morgan fingerprint density at radius 2 is 2.00 bits per heavy atom. The number of nitrogens with zero attached hydrogens (tertiary/aromatic N) is 1. The molecule has 7 nitrogen and oxygen atoms in total. The van der Waals surface area contributed by atoms with E-state index in [9.17, 15) is 14.4 Å². The maximum Gasteiger partial charge on any atom is 0.265 e. The summed E-state index contributed by atoms with van der Waals surface area (Å²) in [6, 6.07) is 6.87. The summed E-state index contributed by atoms with van der Waals surface area (Å²) in [7, 11) is 1.55. The lowest BCUT2D eigenvalue weighted by atomic mass is 10.1. The van der Waals surface area contributed by atoms with E-state index < -0.39 is 5.91 Å². The fourth-order valence-corrected chi connectivity index (χ4v) is 1.92. The normalized spacial score (nSPS) is 15.7. The molecule has 0 radical (unpaired) electrons. The van der Waals surface area contributed by atoms with Crippen molar-refractivity contribution in [3.63, 3.8) is 0 Å². The molecule has 1 saturated heterocycles. The number of benzene rings is 1. The van der Waals surface area contributed by atoms with Crippen LogP contribution in [0.25, 0.3) is 6.08 Å². The van der Waals surface area contributed by atoms with Crippen molar-refractivity contribution in [2.24, 2.45) is 5.73 Å². The number of rotatable bonds is 4. The Balaban J connectivity index is 2.32. The van der Waals surface area contributed by atoms with E-state index in [1.807, 2.05) is 0 Å². The molecule has 1 aromatic carbocycles. The van der Waals surface area contributed by atoms with Crippen LogP contribution in [-0.4, -0.2) is 42.8 Å². The van der Waals surface area contributed by atoms with Crippen LogP contribution in [0.2, 0.25) is 0 Å². The first kappa shape index (κ1) is 14.6. The van der Waals surface area contributed by atoms with Gasteiger partial charge in [-0.15, -0.1) is 0 Å². The minimum atomic E-state index is -0.770. The van der Waals surface area contributed by atoms with Gasteiger partial charge in [-0.25, -0.2) is 0 Å². The van der Waals surface area contributed by atoms with Gasteiger partial charge in [0, 0.05) is 0 Å². The predicted octanol–water partition coefficient (Wildman–Crippen LogP) is -0.520. The summed E-state index contributed by atoms with van der Waals surface area (Å²) in [5, 5.41) is 2.41. The van der Waals surface area contributed by atoms with Crippen molar-refractivity contribution in [2.45, 2.75) is 0 Å². The number of methoxy groups -OCH3 is 1. The van der Waals surface area contributed by atoms with Gasteiger partial charge in [-0.2, -0.15) is 0 Å². The first-order valence-electron chi connectivity index (χ1n) is 6.24. The van der Waals surface area contributed by atoms with Crippen molar-refractivity contribution >= 4 is 23.8 Å². The molecule has 0 unspecified atom stereocenters. The highest BCUT2D eigenvalue weighted by atomic mass is 16.5. The van der Waals surface area contributed by atoms with Crippen LogP contribution in [0.4, 0.5) is 0 Å². The standard InChI is InChI=1S/C14H15N3O4/c1-21-10-4-2-9(3-5-10)6-11(14(15)20)17-8-12(18)16-7-13(17)19/h2-6H,7-8H2,1H3,(H2,15,20)(H,16,18)/b11-6-. The lowest BCUT2D eigenvalue weighted by Gasteiger charge is -2.27. The fraction of sp³-hybridized carbons (Fsp3) is 0.214. The summed E-state index contributed by atoms with van der Waals surface area (Å²) in [4.78, 5) is 35.9. The van der Waals surface area contributed by atoms with E-state index in [4.69, 9.17) is 10.5 Å². The third kappa shape index (κ3) is 3.38. The molecule has 0 saturated carbocycles. The summed E-state index contributed by atoms with van der Waals surface area (Å²) in [6.45, 7) is -0.365. The molecule has 0 aromatic heterocycles. The van der Waals surface area contributed by atoms with Crippen molar-refractivity contribution < 1.29 is 19.1 Å². The van der Waals surface area contributed by atoms with Crippen LogP contribution in [-0.2, 0) is 14.4 Å². The second-order valence-electron chi connectivity index (χ2n) is 4.42. The van der Waals surface area contributed by atoms with E-state index in [0.717, 1.165) is 4.90 Å². The Hall–Kier alpha value is -2.83. The van der Waals surface area contributed by atoms with Crippen molar-refractivity contribution in [2.75, 3.05) is 20.2 Å². The average molecular weight is 289 g/mol. The molecule has 1 aliphatic rings. The van der Waals surface area contributed by atoms with Crippen molar-refractivity contribution in [3.8, 4) is 5.75 Å². The molecule has 0 bridgehead atoms. The number of nitrogens with one attached hydrogen (secondary N) is 1. The molecular weight excluding hydrogens is 274 g/mol. The minimum absolute atomic E-state index is 0.0139. The van der Waals surface area contributed by atoms with E-state index in [0.29, 0.717) is 11.3 Å². The monoisotopic (exact) mass is 289 g/mol. The minimum Gasteiger partial charge on any atom is -0.497 e. The molecular formula is C14H15N3O4. The lowest BCUT2D eigenvalue weighted by Crippen LogP contribution is -2.52. The zero-order chi connectivity index (χ0) is 15.4. The number of piperazine rings is 1. The highest BCUT2D eigenvalue weighted by Crippen LogP contribution is 2.16. The molecule has 2 rings (SSSR count). The van der Waals surface area contributed by atoms with E-state index in [2.05, 4.69) is 5.32 Å². The van der Waals surface area contributed by atoms with Crippen LogP contribution in [0.3, 0.4) is 0 Å². The Labute approximate surface area is 121 Å². The quantitative estimate of drug-likeness (QED) is 0.728. The van der Waals surface area contributed by atoms with Crippen molar-refractivity contribution in [1.82, 2.24) is 10.2 Å².